The van der Waals surface area contributed by atoms with Crippen molar-refractivity contribution in [2.45, 2.75) is 123 Å². The monoisotopic (exact) mass is 361 g/mol. The average molecular weight is 362 g/mol. The summed E-state index contributed by atoms with van der Waals surface area (Å²) in [6.07, 6.45) is 23.0. The Morgan fingerprint density at radius 3 is 1.08 bits per heavy atom. The summed E-state index contributed by atoms with van der Waals surface area (Å²) in [7, 11) is 7.19. The Kier molecular flexibility index (Phi) is 19.9. The number of hydrogen-bond donors (Lipinski definition) is 0. The van der Waals surface area contributed by atoms with Crippen molar-refractivity contribution in [2.75, 3.05) is 21.1 Å². The Morgan fingerprint density at radius 2 is 0.792 bits per heavy atom. The molecule has 0 rings (SSSR count). The standard InChI is InChI=1S/C22H48N.ClH/c1-6-8-10-12-14-16-18-20-22(23(3,4)5)21-19-17-15-13-11-9-7-2;/h22H,6-21H2,1-5H3;1H/q+1;/p-1. The molecule has 0 saturated carbocycles. The summed E-state index contributed by atoms with van der Waals surface area (Å²) in [6.45, 7) is 4.60. The highest BCUT2D eigenvalue weighted by molar-refractivity contribution is 4.60. The molecule has 0 radical (unpaired) electrons. The molecule has 0 aromatic rings. The fourth-order valence-corrected chi connectivity index (χ4v) is 3.59. The van der Waals surface area contributed by atoms with Gasteiger partial charge in [0.2, 0.25) is 0 Å². The molecule has 0 aromatic heterocycles. The molecule has 2 heteroatoms. The van der Waals surface area contributed by atoms with E-state index in [1.165, 1.54) is 103 Å². The van der Waals surface area contributed by atoms with Crippen LogP contribution < -0.4 is 12.4 Å². The van der Waals surface area contributed by atoms with Crippen LogP contribution in [0.25, 0.3) is 0 Å². The molecule has 0 heterocycles. The first kappa shape index (κ1) is 26.5. The first-order valence-electron chi connectivity index (χ1n) is 10.8. The maximum atomic E-state index is 2.40. The van der Waals surface area contributed by atoms with E-state index in [2.05, 4.69) is 35.0 Å². The lowest BCUT2D eigenvalue weighted by molar-refractivity contribution is -0.896. The van der Waals surface area contributed by atoms with Gasteiger partial charge in [-0.05, 0) is 25.7 Å². The number of nitrogens with zero attached hydrogens (tertiary/aromatic N) is 1. The Balaban J connectivity index is 0. The fraction of sp³-hybridized carbons (Fsp3) is 1.00. The van der Waals surface area contributed by atoms with Gasteiger partial charge in [0.15, 0.2) is 0 Å². The van der Waals surface area contributed by atoms with E-state index in [0.29, 0.717) is 0 Å². The maximum absolute atomic E-state index is 2.40. The largest absolute Gasteiger partial charge is 1.00 e. The van der Waals surface area contributed by atoms with Crippen molar-refractivity contribution in [3.8, 4) is 0 Å². The van der Waals surface area contributed by atoms with Crippen LogP contribution in [-0.2, 0) is 0 Å². The smallest absolute Gasteiger partial charge is 0.0884 e. The van der Waals surface area contributed by atoms with Crippen LogP contribution in [0.15, 0.2) is 0 Å². The Hall–Kier alpha value is 0.250. The van der Waals surface area contributed by atoms with Crippen LogP contribution in [0.4, 0.5) is 0 Å². The number of halogens is 1. The zero-order valence-corrected chi connectivity index (χ0v) is 18.5. The Labute approximate surface area is 161 Å². The lowest BCUT2D eigenvalue weighted by atomic mass is 9.98. The number of hydrogen-bond acceptors (Lipinski definition) is 0. The van der Waals surface area contributed by atoms with E-state index in [1.807, 2.05) is 0 Å². The van der Waals surface area contributed by atoms with E-state index < -0.39 is 0 Å². The molecule has 0 unspecified atom stereocenters. The summed E-state index contributed by atoms with van der Waals surface area (Å²) in [6, 6.07) is 0.876. The van der Waals surface area contributed by atoms with Crippen molar-refractivity contribution in [2.24, 2.45) is 0 Å². The minimum absolute atomic E-state index is 0. The second kappa shape index (κ2) is 18.1. The van der Waals surface area contributed by atoms with Crippen LogP contribution in [0, 0.1) is 0 Å². The van der Waals surface area contributed by atoms with Gasteiger partial charge in [-0.15, -0.1) is 0 Å². The predicted molar refractivity (Wildman–Crippen MR) is 107 cm³/mol. The van der Waals surface area contributed by atoms with Crippen molar-refractivity contribution in [3.63, 3.8) is 0 Å². The molecule has 0 aromatic carbocycles. The summed E-state index contributed by atoms with van der Waals surface area (Å²) in [5.74, 6) is 0. The summed E-state index contributed by atoms with van der Waals surface area (Å²) in [4.78, 5) is 0. The van der Waals surface area contributed by atoms with E-state index >= 15 is 0 Å². The zero-order chi connectivity index (χ0) is 17.4. The number of quaternary nitrogens is 1. The van der Waals surface area contributed by atoms with Gasteiger partial charge in [0, 0.05) is 0 Å². The van der Waals surface area contributed by atoms with E-state index in [4.69, 9.17) is 0 Å². The quantitative estimate of drug-likeness (QED) is 0.267. The van der Waals surface area contributed by atoms with Gasteiger partial charge in [0.05, 0.1) is 27.2 Å². The summed E-state index contributed by atoms with van der Waals surface area (Å²) in [5.41, 5.74) is 0. The van der Waals surface area contributed by atoms with Crippen LogP contribution in [-0.4, -0.2) is 31.7 Å². The molecule has 0 aliphatic carbocycles. The highest BCUT2D eigenvalue weighted by atomic mass is 35.5. The maximum Gasteiger partial charge on any atom is 0.0884 e. The van der Waals surface area contributed by atoms with E-state index in [9.17, 15) is 0 Å². The van der Waals surface area contributed by atoms with Gasteiger partial charge in [0.1, 0.15) is 0 Å². The third-order valence-corrected chi connectivity index (χ3v) is 5.38. The molecule has 0 N–H and O–H groups in total. The molecule has 0 aliphatic rings. The van der Waals surface area contributed by atoms with Gasteiger partial charge < -0.3 is 16.9 Å². The van der Waals surface area contributed by atoms with Crippen LogP contribution >= 0.6 is 0 Å². The lowest BCUT2D eigenvalue weighted by Gasteiger charge is -2.34. The van der Waals surface area contributed by atoms with Gasteiger partial charge >= 0.3 is 0 Å². The van der Waals surface area contributed by atoms with E-state index in [1.54, 1.807) is 0 Å². The highest BCUT2D eigenvalue weighted by Gasteiger charge is 2.22. The number of rotatable bonds is 17. The fourth-order valence-electron chi connectivity index (χ4n) is 3.59. The first-order valence-corrected chi connectivity index (χ1v) is 10.8. The van der Waals surface area contributed by atoms with Crippen LogP contribution in [0.3, 0.4) is 0 Å². The molecule has 0 aliphatic heterocycles. The SMILES string of the molecule is CCCCCCCCCC(CCCCCCCCC)[N+](C)(C)C.[Cl-]. The second-order valence-corrected chi connectivity index (χ2v) is 8.59. The van der Waals surface area contributed by atoms with E-state index in [-0.39, 0.29) is 12.4 Å². The number of unbranched alkanes of at least 4 members (excludes halogenated alkanes) is 12. The minimum atomic E-state index is 0. The zero-order valence-electron chi connectivity index (χ0n) is 17.7. The Morgan fingerprint density at radius 1 is 0.500 bits per heavy atom. The van der Waals surface area contributed by atoms with Crippen LogP contribution in [0.2, 0.25) is 0 Å². The van der Waals surface area contributed by atoms with Crippen LogP contribution in [0.1, 0.15) is 117 Å². The van der Waals surface area contributed by atoms with Gasteiger partial charge in [-0.25, -0.2) is 0 Å². The molecule has 0 bridgehead atoms. The molecule has 0 atom stereocenters. The second-order valence-electron chi connectivity index (χ2n) is 8.59. The third-order valence-electron chi connectivity index (χ3n) is 5.38. The third kappa shape index (κ3) is 17.1. The molecule has 0 saturated heterocycles. The molecular weight excluding hydrogens is 314 g/mol. The van der Waals surface area contributed by atoms with Gasteiger partial charge in [0.25, 0.3) is 0 Å². The predicted octanol–water partition coefficient (Wildman–Crippen LogP) is 4.35. The molecule has 148 valence electrons. The average Bonchev–Trinajstić information content (AvgIpc) is 2.50. The molecule has 0 fully saturated rings. The minimum Gasteiger partial charge on any atom is -1.00 e. The van der Waals surface area contributed by atoms with Gasteiger partial charge in [-0.1, -0.05) is 90.9 Å². The molecular formula is C22H48ClN. The highest BCUT2D eigenvalue weighted by Crippen LogP contribution is 2.20. The Bertz CT molecular complexity index is 217. The summed E-state index contributed by atoms with van der Waals surface area (Å²) in [5, 5.41) is 0. The topological polar surface area (TPSA) is 0 Å². The van der Waals surface area contributed by atoms with Crippen molar-refractivity contribution in [3.05, 3.63) is 0 Å². The van der Waals surface area contributed by atoms with Crippen molar-refractivity contribution in [1.29, 1.82) is 0 Å². The molecule has 1 nitrogen and oxygen atoms in total. The summed E-state index contributed by atoms with van der Waals surface area (Å²) >= 11 is 0. The summed E-state index contributed by atoms with van der Waals surface area (Å²) < 4.78 is 1.16. The van der Waals surface area contributed by atoms with Gasteiger partial charge in [-0.3, -0.25) is 0 Å². The normalized spacial score (nSPS) is 11.8. The van der Waals surface area contributed by atoms with Crippen LogP contribution in [0.5, 0.6) is 0 Å². The van der Waals surface area contributed by atoms with Gasteiger partial charge in [-0.2, -0.15) is 0 Å². The lowest BCUT2D eigenvalue weighted by Crippen LogP contribution is -3.00. The first-order chi connectivity index (χ1) is 11.0. The van der Waals surface area contributed by atoms with Crippen molar-refractivity contribution in [1.82, 2.24) is 0 Å². The van der Waals surface area contributed by atoms with Crippen molar-refractivity contribution >= 4 is 0 Å². The molecule has 0 spiro atoms. The molecule has 24 heavy (non-hydrogen) atoms. The van der Waals surface area contributed by atoms with Crippen molar-refractivity contribution < 1.29 is 16.9 Å². The van der Waals surface area contributed by atoms with E-state index in [0.717, 1.165) is 10.5 Å². The molecule has 0 amide bonds.